The molecule has 32 heavy (non-hydrogen) atoms. The highest BCUT2D eigenvalue weighted by Crippen LogP contribution is 2.33. The van der Waals surface area contributed by atoms with Gasteiger partial charge in [0, 0.05) is 20.0 Å². The van der Waals surface area contributed by atoms with E-state index in [-0.39, 0.29) is 18.8 Å². The minimum Gasteiger partial charge on any atom is -0.488 e. The molecule has 2 aromatic carbocycles. The summed E-state index contributed by atoms with van der Waals surface area (Å²) in [5.74, 6) is 0.703. The van der Waals surface area contributed by atoms with Crippen LogP contribution in [0.15, 0.2) is 48.5 Å². The van der Waals surface area contributed by atoms with E-state index in [0.717, 1.165) is 35.0 Å². The summed E-state index contributed by atoms with van der Waals surface area (Å²) in [5.41, 5.74) is 1.80. The van der Waals surface area contributed by atoms with Crippen molar-refractivity contribution in [3.8, 4) is 5.75 Å². The van der Waals surface area contributed by atoms with E-state index in [2.05, 4.69) is 4.98 Å². The summed E-state index contributed by atoms with van der Waals surface area (Å²) in [4.78, 5) is 29.2. The maximum Gasteiger partial charge on any atom is 0.410 e. The third-order valence-electron chi connectivity index (χ3n) is 5.44. The summed E-state index contributed by atoms with van der Waals surface area (Å²) in [5, 5.41) is 0.711. The second kappa shape index (κ2) is 10.5. The van der Waals surface area contributed by atoms with Gasteiger partial charge in [0.05, 0.1) is 4.70 Å². The lowest BCUT2D eigenvalue weighted by molar-refractivity contribution is -0.136. The highest BCUT2D eigenvalue weighted by Gasteiger charge is 2.25. The van der Waals surface area contributed by atoms with Gasteiger partial charge in [0.25, 0.3) is 6.47 Å². The number of carbonyl (C=O) groups excluding carboxylic acids is 2. The summed E-state index contributed by atoms with van der Waals surface area (Å²) in [6.45, 7) is 1.10. The number of aromatic nitrogens is 1. The molecule has 168 valence electrons. The van der Waals surface area contributed by atoms with E-state index < -0.39 is 6.09 Å². The number of fused-ring (bicyclic) bond motifs is 1. The Balaban J connectivity index is 1.37. The number of benzene rings is 2. The van der Waals surface area contributed by atoms with Crippen LogP contribution in [0, 0.1) is 0 Å². The Bertz CT molecular complexity index is 1050. The van der Waals surface area contributed by atoms with Crippen LogP contribution in [0.5, 0.6) is 5.75 Å². The predicted octanol–water partition coefficient (Wildman–Crippen LogP) is 4.93. The zero-order valence-electron chi connectivity index (χ0n) is 17.9. The van der Waals surface area contributed by atoms with E-state index in [1.807, 2.05) is 48.5 Å². The van der Waals surface area contributed by atoms with Gasteiger partial charge in [-0.25, -0.2) is 9.78 Å². The van der Waals surface area contributed by atoms with Crippen LogP contribution in [0.2, 0.25) is 0 Å². The van der Waals surface area contributed by atoms with Gasteiger partial charge in [-0.05, 0) is 37.0 Å². The Hall–Kier alpha value is -3.13. The average molecular weight is 455 g/mol. The van der Waals surface area contributed by atoms with Gasteiger partial charge in [0.15, 0.2) is 0 Å². The van der Waals surface area contributed by atoms with Crippen LogP contribution >= 0.6 is 11.3 Å². The topological polar surface area (TPSA) is 78.0 Å². The lowest BCUT2D eigenvalue weighted by Crippen LogP contribution is -2.30. The van der Waals surface area contributed by atoms with Gasteiger partial charge in [0.2, 0.25) is 0 Å². The van der Waals surface area contributed by atoms with Crippen LogP contribution in [0.1, 0.15) is 36.3 Å². The molecular formula is C24H26N2O5S. The van der Waals surface area contributed by atoms with Gasteiger partial charge >= 0.3 is 6.09 Å². The van der Waals surface area contributed by atoms with Crippen LogP contribution < -0.4 is 4.74 Å². The molecule has 0 saturated heterocycles. The van der Waals surface area contributed by atoms with Crippen LogP contribution in [-0.2, 0) is 27.4 Å². The molecule has 1 aliphatic carbocycles. The van der Waals surface area contributed by atoms with Crippen LogP contribution in [-0.4, -0.2) is 41.7 Å². The van der Waals surface area contributed by atoms with Gasteiger partial charge < -0.3 is 19.1 Å². The smallest absolute Gasteiger partial charge is 0.410 e. The minimum absolute atomic E-state index is 0.0195. The molecule has 1 fully saturated rings. The number of ether oxygens (including phenoxy) is 3. The number of hydrogen-bond donors (Lipinski definition) is 0. The van der Waals surface area contributed by atoms with Crippen molar-refractivity contribution in [2.24, 2.45) is 0 Å². The normalized spacial score (nSPS) is 18.2. The van der Waals surface area contributed by atoms with Crippen LogP contribution in [0.3, 0.4) is 0 Å². The Kier molecular flexibility index (Phi) is 7.21. The third kappa shape index (κ3) is 5.56. The molecule has 1 aliphatic rings. The third-order valence-corrected chi connectivity index (χ3v) is 6.43. The fourth-order valence-electron chi connectivity index (χ4n) is 3.87. The van der Waals surface area contributed by atoms with Gasteiger partial charge in [-0.3, -0.25) is 4.79 Å². The van der Waals surface area contributed by atoms with Crippen molar-refractivity contribution in [2.45, 2.75) is 51.0 Å². The molecule has 0 bridgehead atoms. The lowest BCUT2D eigenvalue weighted by atomic mass is 9.95. The molecule has 0 unspecified atom stereocenters. The number of rotatable bonds is 8. The number of thiazole rings is 1. The van der Waals surface area contributed by atoms with Crippen molar-refractivity contribution in [1.82, 2.24) is 9.88 Å². The summed E-state index contributed by atoms with van der Waals surface area (Å²) in [6, 6.07) is 15.6. The molecule has 4 rings (SSSR count). The molecule has 0 spiro atoms. The number of carbonyl (C=O) groups is 2. The minimum atomic E-state index is -0.395. The van der Waals surface area contributed by atoms with Crippen LogP contribution in [0.4, 0.5) is 4.79 Å². The molecule has 3 aromatic rings. The zero-order valence-corrected chi connectivity index (χ0v) is 18.8. The molecule has 1 saturated carbocycles. The first-order valence-corrected chi connectivity index (χ1v) is 11.5. The number of para-hydroxylation sites is 1. The van der Waals surface area contributed by atoms with Crippen molar-refractivity contribution >= 4 is 34.1 Å². The molecule has 0 N–H and O–H groups in total. The average Bonchev–Trinajstić information content (AvgIpc) is 3.23. The molecular weight excluding hydrogens is 428 g/mol. The quantitative estimate of drug-likeness (QED) is 0.449. The predicted molar refractivity (Wildman–Crippen MR) is 122 cm³/mol. The number of hydrogen-bond acceptors (Lipinski definition) is 7. The summed E-state index contributed by atoms with van der Waals surface area (Å²) in [7, 11) is 1.71. The zero-order chi connectivity index (χ0) is 22.3. The first kappa shape index (κ1) is 22.1. The molecule has 8 heteroatoms. The fourth-order valence-corrected chi connectivity index (χ4v) is 4.77. The van der Waals surface area contributed by atoms with E-state index in [0.29, 0.717) is 30.2 Å². The van der Waals surface area contributed by atoms with Gasteiger partial charge in [-0.15, -0.1) is 11.3 Å². The monoisotopic (exact) mass is 454 g/mol. The van der Waals surface area contributed by atoms with E-state index >= 15 is 0 Å². The molecule has 1 heterocycles. The molecule has 7 nitrogen and oxygen atoms in total. The largest absolute Gasteiger partial charge is 0.488 e. The SMILES string of the molecule is CN(Cc1ccccc1)C(=O)OCc1nc2c(O[C@H]3CCC[C@H](OC=O)C3)cccc2s1. The standard InChI is InChI=1S/C24H26N2O5S/c1-26(14-17-7-3-2-4-8-17)24(28)29-15-22-25-23-20(11-6-12-21(23)32-22)31-19-10-5-9-18(13-19)30-16-27/h2-4,6-8,11-12,16,18-19H,5,9-10,13-15H2,1H3/t18-,19-/m0/s1. The van der Waals surface area contributed by atoms with Crippen molar-refractivity contribution in [3.63, 3.8) is 0 Å². The van der Waals surface area contributed by atoms with Gasteiger partial charge in [0.1, 0.15) is 35.1 Å². The van der Waals surface area contributed by atoms with Crippen molar-refractivity contribution in [3.05, 3.63) is 59.1 Å². The summed E-state index contributed by atoms with van der Waals surface area (Å²) < 4.78 is 17.8. The maximum absolute atomic E-state index is 12.4. The highest BCUT2D eigenvalue weighted by molar-refractivity contribution is 7.18. The van der Waals surface area contributed by atoms with Crippen molar-refractivity contribution in [2.75, 3.05) is 7.05 Å². The van der Waals surface area contributed by atoms with Crippen LogP contribution in [0.25, 0.3) is 10.2 Å². The Morgan fingerprint density at radius 2 is 1.97 bits per heavy atom. The summed E-state index contributed by atoms with van der Waals surface area (Å²) in [6.07, 6.45) is 2.90. The van der Waals surface area contributed by atoms with Crippen molar-refractivity contribution < 1.29 is 23.8 Å². The first-order valence-electron chi connectivity index (χ1n) is 10.7. The van der Waals surface area contributed by atoms with E-state index in [1.165, 1.54) is 16.2 Å². The van der Waals surface area contributed by atoms with Gasteiger partial charge in [-0.2, -0.15) is 0 Å². The molecule has 1 amide bonds. The lowest BCUT2D eigenvalue weighted by Gasteiger charge is -2.28. The maximum atomic E-state index is 12.4. The second-order valence-corrected chi connectivity index (χ2v) is 8.98. The highest BCUT2D eigenvalue weighted by atomic mass is 32.1. The molecule has 2 atom stereocenters. The van der Waals surface area contributed by atoms with E-state index in [9.17, 15) is 9.59 Å². The Morgan fingerprint density at radius 3 is 2.78 bits per heavy atom. The second-order valence-electron chi connectivity index (χ2n) is 7.87. The first-order chi connectivity index (χ1) is 15.6. The fraction of sp³-hybridized carbons (Fsp3) is 0.375. The number of amides is 1. The van der Waals surface area contributed by atoms with E-state index in [1.54, 1.807) is 7.05 Å². The Morgan fingerprint density at radius 1 is 1.16 bits per heavy atom. The van der Waals surface area contributed by atoms with Crippen molar-refractivity contribution in [1.29, 1.82) is 0 Å². The Labute approximate surface area is 190 Å². The molecule has 0 radical (unpaired) electrons. The molecule has 1 aromatic heterocycles. The molecule has 0 aliphatic heterocycles. The van der Waals surface area contributed by atoms with Gasteiger partial charge in [-0.1, -0.05) is 36.4 Å². The number of nitrogens with zero attached hydrogens (tertiary/aromatic N) is 2. The summed E-state index contributed by atoms with van der Waals surface area (Å²) >= 11 is 1.48. The van der Waals surface area contributed by atoms with E-state index in [4.69, 9.17) is 14.2 Å².